The van der Waals surface area contributed by atoms with Crippen molar-refractivity contribution in [3.63, 3.8) is 0 Å². The van der Waals surface area contributed by atoms with E-state index in [-0.39, 0.29) is 0 Å². The third-order valence-electron chi connectivity index (χ3n) is 1.82. The van der Waals surface area contributed by atoms with Crippen LogP contribution in [0.1, 0.15) is 13.8 Å². The first-order chi connectivity index (χ1) is 4.74. The van der Waals surface area contributed by atoms with Crippen molar-refractivity contribution in [1.29, 1.82) is 0 Å². The van der Waals surface area contributed by atoms with Gasteiger partial charge in [0.25, 0.3) is 0 Å². The van der Waals surface area contributed by atoms with Gasteiger partial charge in [0.1, 0.15) is 0 Å². The molecule has 1 aliphatic rings. The van der Waals surface area contributed by atoms with E-state index in [1.165, 1.54) is 0 Å². The third kappa shape index (κ3) is 2.07. The zero-order chi connectivity index (χ0) is 7.56. The van der Waals surface area contributed by atoms with Crippen molar-refractivity contribution < 1.29 is 5.11 Å². The second kappa shape index (κ2) is 3.88. The van der Waals surface area contributed by atoms with Crippen molar-refractivity contribution in [1.82, 2.24) is 0 Å². The number of thioether (sulfide) groups is 2. The van der Waals surface area contributed by atoms with Gasteiger partial charge in [-0.25, -0.2) is 0 Å². The van der Waals surface area contributed by atoms with E-state index < -0.39 is 0 Å². The van der Waals surface area contributed by atoms with Crippen LogP contribution >= 0.6 is 23.5 Å². The van der Waals surface area contributed by atoms with Crippen LogP contribution in [0, 0.1) is 0 Å². The van der Waals surface area contributed by atoms with Gasteiger partial charge in [0.2, 0.25) is 0 Å². The Kier molecular flexibility index (Phi) is 3.40. The second-order valence-corrected chi connectivity index (χ2v) is 5.78. The molecule has 0 spiro atoms. The summed E-state index contributed by atoms with van der Waals surface area (Å²) in [6, 6.07) is 0. The fraction of sp³-hybridized carbons (Fsp3) is 1.00. The molecule has 0 aromatic carbocycles. The first kappa shape index (κ1) is 8.75. The van der Waals surface area contributed by atoms with Crippen LogP contribution in [0.15, 0.2) is 0 Å². The monoisotopic (exact) mass is 178 g/mol. The Hall–Kier alpha value is 0.660. The molecule has 3 unspecified atom stereocenters. The van der Waals surface area contributed by atoms with Crippen LogP contribution < -0.4 is 0 Å². The van der Waals surface area contributed by atoms with Crippen LogP contribution in [-0.4, -0.2) is 33.2 Å². The summed E-state index contributed by atoms with van der Waals surface area (Å²) in [6.07, 6.45) is 0. The summed E-state index contributed by atoms with van der Waals surface area (Å²) in [5, 5.41) is 10.8. The van der Waals surface area contributed by atoms with E-state index in [0.29, 0.717) is 17.1 Å². The Morgan fingerprint density at radius 2 is 2.10 bits per heavy atom. The highest BCUT2D eigenvalue weighted by molar-refractivity contribution is 8.07. The minimum absolute atomic E-state index is 0.342. The first-order valence-corrected chi connectivity index (χ1v) is 5.61. The highest BCUT2D eigenvalue weighted by atomic mass is 32.2. The fourth-order valence-electron chi connectivity index (χ4n) is 0.944. The normalized spacial score (nSPS) is 41.7. The Balaban J connectivity index is 2.33. The zero-order valence-corrected chi connectivity index (χ0v) is 8.04. The summed E-state index contributed by atoms with van der Waals surface area (Å²) in [6.45, 7) is 4.84. The maximum absolute atomic E-state index is 8.86. The second-order valence-electron chi connectivity index (χ2n) is 2.68. The molecule has 0 aromatic rings. The van der Waals surface area contributed by atoms with E-state index in [0.717, 1.165) is 11.0 Å². The van der Waals surface area contributed by atoms with E-state index in [1.54, 1.807) is 0 Å². The largest absolute Gasteiger partial charge is 0.395 e. The van der Waals surface area contributed by atoms with Crippen LogP contribution in [0.25, 0.3) is 0 Å². The topological polar surface area (TPSA) is 20.2 Å². The standard InChI is InChI=1S/C7H14OS2/c1-5-6(2)10-7(3-8)4-9-5/h5-8H,3-4H2,1-2H3. The predicted octanol–water partition coefficient (Wildman–Crippen LogP) is 1.60. The van der Waals surface area contributed by atoms with E-state index >= 15 is 0 Å². The molecule has 0 aliphatic carbocycles. The Morgan fingerprint density at radius 1 is 1.40 bits per heavy atom. The van der Waals surface area contributed by atoms with Crippen LogP contribution in [-0.2, 0) is 0 Å². The van der Waals surface area contributed by atoms with Crippen LogP contribution in [0.4, 0.5) is 0 Å². The summed E-state index contributed by atoms with van der Waals surface area (Å²) in [5.41, 5.74) is 0. The number of hydrogen-bond acceptors (Lipinski definition) is 3. The molecule has 1 saturated heterocycles. The van der Waals surface area contributed by atoms with Crippen molar-refractivity contribution in [3.8, 4) is 0 Å². The maximum Gasteiger partial charge on any atom is 0.0558 e. The highest BCUT2D eigenvalue weighted by Gasteiger charge is 2.24. The average molecular weight is 178 g/mol. The molecule has 1 N–H and O–H groups in total. The molecule has 1 fully saturated rings. The summed E-state index contributed by atoms with van der Waals surface area (Å²) < 4.78 is 0. The van der Waals surface area contributed by atoms with Crippen molar-refractivity contribution in [2.24, 2.45) is 0 Å². The lowest BCUT2D eigenvalue weighted by Gasteiger charge is -2.29. The molecule has 1 aliphatic heterocycles. The molecule has 10 heavy (non-hydrogen) atoms. The molecule has 1 rings (SSSR count). The van der Waals surface area contributed by atoms with E-state index in [1.807, 2.05) is 23.5 Å². The summed E-state index contributed by atoms with van der Waals surface area (Å²) in [4.78, 5) is 0. The molecule has 0 amide bonds. The van der Waals surface area contributed by atoms with Crippen LogP contribution in [0.5, 0.6) is 0 Å². The van der Waals surface area contributed by atoms with Crippen molar-refractivity contribution in [3.05, 3.63) is 0 Å². The minimum Gasteiger partial charge on any atom is -0.395 e. The number of rotatable bonds is 1. The van der Waals surface area contributed by atoms with Gasteiger partial charge >= 0.3 is 0 Å². The predicted molar refractivity (Wildman–Crippen MR) is 49.8 cm³/mol. The summed E-state index contributed by atoms with van der Waals surface area (Å²) in [5.74, 6) is 1.12. The minimum atomic E-state index is 0.342. The van der Waals surface area contributed by atoms with Gasteiger partial charge in [-0.1, -0.05) is 13.8 Å². The lowest BCUT2D eigenvalue weighted by atomic mass is 10.4. The van der Waals surface area contributed by atoms with E-state index in [2.05, 4.69) is 13.8 Å². The lowest BCUT2D eigenvalue weighted by molar-refractivity contribution is 0.300. The summed E-state index contributed by atoms with van der Waals surface area (Å²) >= 11 is 3.90. The van der Waals surface area contributed by atoms with E-state index in [9.17, 15) is 0 Å². The molecular weight excluding hydrogens is 164 g/mol. The molecule has 0 aromatic heterocycles. The number of aliphatic hydroxyl groups is 1. The first-order valence-electron chi connectivity index (χ1n) is 3.62. The van der Waals surface area contributed by atoms with Crippen molar-refractivity contribution in [2.45, 2.75) is 29.6 Å². The summed E-state index contributed by atoms with van der Waals surface area (Å²) in [7, 11) is 0. The Bertz CT molecular complexity index is 108. The van der Waals surface area contributed by atoms with Crippen molar-refractivity contribution in [2.75, 3.05) is 12.4 Å². The Morgan fingerprint density at radius 3 is 2.60 bits per heavy atom. The van der Waals surface area contributed by atoms with E-state index in [4.69, 9.17) is 5.11 Å². The molecule has 3 heteroatoms. The molecule has 0 saturated carbocycles. The lowest BCUT2D eigenvalue weighted by Crippen LogP contribution is -2.28. The van der Waals surface area contributed by atoms with Gasteiger partial charge in [0.05, 0.1) is 6.61 Å². The maximum atomic E-state index is 8.86. The van der Waals surface area contributed by atoms with Gasteiger partial charge in [0, 0.05) is 21.5 Å². The SMILES string of the molecule is CC1SCC(CO)SC1C. The van der Waals surface area contributed by atoms with Crippen molar-refractivity contribution >= 4 is 23.5 Å². The van der Waals surface area contributed by atoms with Gasteiger partial charge in [-0.2, -0.15) is 23.5 Å². The van der Waals surface area contributed by atoms with Gasteiger partial charge in [-0.05, 0) is 0 Å². The molecule has 1 nitrogen and oxygen atoms in total. The molecule has 0 radical (unpaired) electrons. The Labute approximate surface area is 71.0 Å². The zero-order valence-electron chi connectivity index (χ0n) is 6.41. The quantitative estimate of drug-likeness (QED) is 0.658. The smallest absolute Gasteiger partial charge is 0.0558 e. The average Bonchev–Trinajstić information content (AvgIpc) is 1.95. The molecule has 3 atom stereocenters. The molecule has 60 valence electrons. The molecular formula is C7H14OS2. The van der Waals surface area contributed by atoms with Crippen LogP contribution in [0.3, 0.4) is 0 Å². The number of hydrogen-bond donors (Lipinski definition) is 1. The fourth-order valence-corrected chi connectivity index (χ4v) is 3.73. The van der Waals surface area contributed by atoms with Gasteiger partial charge < -0.3 is 5.11 Å². The molecule has 0 bridgehead atoms. The van der Waals surface area contributed by atoms with Gasteiger partial charge in [0.15, 0.2) is 0 Å². The van der Waals surface area contributed by atoms with Crippen LogP contribution in [0.2, 0.25) is 0 Å². The third-order valence-corrected chi connectivity index (χ3v) is 5.27. The van der Waals surface area contributed by atoms with Gasteiger partial charge in [-0.15, -0.1) is 0 Å². The highest BCUT2D eigenvalue weighted by Crippen LogP contribution is 2.35. The van der Waals surface area contributed by atoms with Gasteiger partial charge in [-0.3, -0.25) is 0 Å². The number of aliphatic hydroxyl groups excluding tert-OH is 1. The molecule has 1 heterocycles.